The molecule has 0 aliphatic carbocycles. The largest absolute Gasteiger partial charge is 0.477 e. The number of aryl methyl sites for hydroxylation is 1. The van der Waals surface area contributed by atoms with E-state index in [0.29, 0.717) is 31.0 Å². The molecule has 2 saturated heterocycles. The fraction of sp³-hybridized carbons (Fsp3) is 0.455. The van der Waals surface area contributed by atoms with Crippen molar-refractivity contribution in [2.45, 2.75) is 32.3 Å². The summed E-state index contributed by atoms with van der Waals surface area (Å²) in [4.78, 5) is 47.9. The van der Waals surface area contributed by atoms with Gasteiger partial charge >= 0.3 is 5.97 Å². The second-order valence-electron chi connectivity index (χ2n) is 8.72. The lowest BCUT2D eigenvalue weighted by Crippen LogP contribution is -2.55. The number of carboxylic acid groups (broad SMARTS) is 1. The minimum absolute atomic E-state index is 0.0109. The van der Waals surface area contributed by atoms with Crippen molar-refractivity contribution in [3.63, 3.8) is 0 Å². The average molecular weight is 519 g/mol. The van der Waals surface area contributed by atoms with Gasteiger partial charge in [-0.05, 0) is 49.4 Å². The van der Waals surface area contributed by atoms with Crippen LogP contribution in [-0.4, -0.2) is 68.2 Å². The summed E-state index contributed by atoms with van der Waals surface area (Å²) in [5.74, 6) is -0.948. The van der Waals surface area contributed by atoms with Crippen LogP contribution in [0.2, 0.25) is 5.28 Å². The Labute approximate surface area is 208 Å². The molecule has 0 radical (unpaired) electrons. The van der Waals surface area contributed by atoms with Crippen LogP contribution in [-0.2, 0) is 9.53 Å². The maximum absolute atomic E-state index is 12.9. The van der Waals surface area contributed by atoms with E-state index in [1.54, 1.807) is 13.0 Å². The molecule has 2 aliphatic rings. The van der Waals surface area contributed by atoms with E-state index in [-0.39, 0.29) is 39.4 Å². The normalized spacial score (nSPS) is 18.5. The van der Waals surface area contributed by atoms with Crippen molar-refractivity contribution in [3.8, 4) is 5.13 Å². The SMILES string of the molecule is Cc1cc(N2CC(C(=O)NCC3CCCCO3)C2)nc2c1c(=O)c(C(=O)O)cn2-c1nc(Cl)ns1. The molecule has 2 fully saturated rings. The first-order chi connectivity index (χ1) is 16.8. The summed E-state index contributed by atoms with van der Waals surface area (Å²) in [6, 6.07) is 1.73. The van der Waals surface area contributed by atoms with Gasteiger partial charge in [-0.1, -0.05) is 0 Å². The van der Waals surface area contributed by atoms with Crippen molar-refractivity contribution in [2.24, 2.45) is 5.92 Å². The molecule has 184 valence electrons. The molecule has 13 heteroatoms. The molecule has 1 atom stereocenters. The van der Waals surface area contributed by atoms with Crippen LogP contribution in [0.4, 0.5) is 5.82 Å². The highest BCUT2D eigenvalue weighted by molar-refractivity contribution is 7.08. The van der Waals surface area contributed by atoms with Gasteiger partial charge in [0, 0.05) is 44.0 Å². The Bertz CT molecular complexity index is 1360. The van der Waals surface area contributed by atoms with Gasteiger partial charge in [-0.25, -0.2) is 9.78 Å². The third-order valence-electron chi connectivity index (χ3n) is 6.32. The highest BCUT2D eigenvalue weighted by Crippen LogP contribution is 2.28. The molecule has 1 unspecified atom stereocenters. The number of carboxylic acids is 1. The molecule has 2 aliphatic heterocycles. The van der Waals surface area contributed by atoms with Crippen molar-refractivity contribution in [1.82, 2.24) is 24.2 Å². The highest BCUT2D eigenvalue weighted by atomic mass is 35.5. The van der Waals surface area contributed by atoms with Gasteiger partial charge in [0.2, 0.25) is 21.8 Å². The predicted octanol–water partition coefficient (Wildman–Crippen LogP) is 2.02. The fourth-order valence-corrected chi connectivity index (χ4v) is 5.18. The number of hydrogen-bond donors (Lipinski definition) is 2. The molecule has 0 bridgehead atoms. The Balaban J connectivity index is 1.40. The number of aromatic carboxylic acids is 1. The van der Waals surface area contributed by atoms with E-state index in [1.807, 2.05) is 4.90 Å². The minimum atomic E-state index is -1.35. The predicted molar refractivity (Wildman–Crippen MR) is 130 cm³/mol. The Morgan fingerprint density at radius 2 is 2.11 bits per heavy atom. The van der Waals surface area contributed by atoms with E-state index >= 15 is 0 Å². The summed E-state index contributed by atoms with van der Waals surface area (Å²) >= 11 is 6.85. The number of rotatable bonds is 6. The number of carbonyl (C=O) groups is 2. The summed E-state index contributed by atoms with van der Waals surface area (Å²) in [6.45, 7) is 3.96. The molecule has 0 spiro atoms. The van der Waals surface area contributed by atoms with Crippen LogP contribution in [0.25, 0.3) is 16.2 Å². The van der Waals surface area contributed by atoms with Crippen molar-refractivity contribution < 1.29 is 19.4 Å². The molecule has 0 aromatic carbocycles. The molecule has 0 saturated carbocycles. The molecular weight excluding hydrogens is 496 g/mol. The van der Waals surface area contributed by atoms with E-state index in [9.17, 15) is 19.5 Å². The van der Waals surface area contributed by atoms with Crippen LogP contribution in [0.5, 0.6) is 0 Å². The van der Waals surface area contributed by atoms with E-state index in [2.05, 4.69) is 19.7 Å². The number of aromatic nitrogens is 4. The van der Waals surface area contributed by atoms with Gasteiger partial charge in [-0.15, -0.1) is 0 Å². The van der Waals surface area contributed by atoms with E-state index < -0.39 is 17.0 Å². The zero-order valence-corrected chi connectivity index (χ0v) is 20.4. The monoisotopic (exact) mass is 518 g/mol. The lowest BCUT2D eigenvalue weighted by Gasteiger charge is -2.39. The summed E-state index contributed by atoms with van der Waals surface area (Å²) < 4.78 is 11.0. The Hall–Kier alpha value is -3.09. The topological polar surface area (TPSA) is 140 Å². The van der Waals surface area contributed by atoms with Gasteiger partial charge in [-0.2, -0.15) is 9.36 Å². The molecule has 5 rings (SSSR count). The zero-order valence-electron chi connectivity index (χ0n) is 18.9. The van der Waals surface area contributed by atoms with Gasteiger partial charge in [0.05, 0.1) is 17.4 Å². The molecule has 2 N–H and O–H groups in total. The quantitative estimate of drug-likeness (QED) is 0.501. The van der Waals surface area contributed by atoms with Crippen molar-refractivity contribution in [1.29, 1.82) is 0 Å². The third kappa shape index (κ3) is 4.60. The fourth-order valence-electron chi connectivity index (χ4n) is 4.39. The number of fused-ring (bicyclic) bond motifs is 1. The second kappa shape index (κ2) is 9.51. The van der Waals surface area contributed by atoms with Crippen LogP contribution in [0.1, 0.15) is 35.2 Å². The van der Waals surface area contributed by atoms with Crippen molar-refractivity contribution in [2.75, 3.05) is 31.1 Å². The van der Waals surface area contributed by atoms with Gasteiger partial charge in [0.1, 0.15) is 11.4 Å². The van der Waals surface area contributed by atoms with Gasteiger partial charge in [0.25, 0.3) is 0 Å². The average Bonchev–Trinajstić information content (AvgIpc) is 3.23. The summed E-state index contributed by atoms with van der Waals surface area (Å²) in [5.41, 5.74) is -0.194. The molecule has 5 heterocycles. The lowest BCUT2D eigenvalue weighted by molar-refractivity contribution is -0.126. The summed E-state index contributed by atoms with van der Waals surface area (Å²) in [6.07, 6.45) is 4.42. The number of anilines is 1. The molecule has 1 amide bonds. The highest BCUT2D eigenvalue weighted by Gasteiger charge is 2.34. The number of halogens is 1. The number of carbonyl (C=O) groups excluding carboxylic acids is 1. The maximum atomic E-state index is 12.9. The van der Waals surface area contributed by atoms with Crippen LogP contribution in [0, 0.1) is 12.8 Å². The van der Waals surface area contributed by atoms with E-state index in [0.717, 1.165) is 37.4 Å². The maximum Gasteiger partial charge on any atom is 0.341 e. The van der Waals surface area contributed by atoms with Crippen LogP contribution in [0.15, 0.2) is 17.1 Å². The number of nitrogens with one attached hydrogen (secondary N) is 1. The smallest absolute Gasteiger partial charge is 0.341 e. The lowest BCUT2D eigenvalue weighted by atomic mass is 9.98. The number of hydrogen-bond acceptors (Lipinski definition) is 9. The van der Waals surface area contributed by atoms with Gasteiger partial charge in [0.15, 0.2) is 5.65 Å². The molecular formula is C22H23ClN6O5S. The van der Waals surface area contributed by atoms with Crippen LogP contribution >= 0.6 is 23.1 Å². The number of ether oxygens (including phenoxy) is 1. The van der Waals surface area contributed by atoms with Crippen molar-refractivity contribution >= 4 is 51.9 Å². The number of pyridine rings is 2. The van der Waals surface area contributed by atoms with Crippen LogP contribution in [0.3, 0.4) is 0 Å². The van der Waals surface area contributed by atoms with Gasteiger partial charge < -0.3 is 20.1 Å². The zero-order chi connectivity index (χ0) is 24.7. The minimum Gasteiger partial charge on any atom is -0.477 e. The summed E-state index contributed by atoms with van der Waals surface area (Å²) in [7, 11) is 0. The molecule has 3 aromatic rings. The van der Waals surface area contributed by atoms with Gasteiger partial charge in [-0.3, -0.25) is 14.2 Å². The van der Waals surface area contributed by atoms with Crippen LogP contribution < -0.4 is 15.6 Å². The first kappa shape index (κ1) is 23.6. The van der Waals surface area contributed by atoms with E-state index in [4.69, 9.17) is 16.3 Å². The second-order valence-corrected chi connectivity index (χ2v) is 9.79. The molecule has 35 heavy (non-hydrogen) atoms. The molecule has 11 nitrogen and oxygen atoms in total. The third-order valence-corrected chi connectivity index (χ3v) is 7.31. The Morgan fingerprint density at radius 3 is 2.77 bits per heavy atom. The Morgan fingerprint density at radius 1 is 1.31 bits per heavy atom. The number of nitrogens with zero attached hydrogens (tertiary/aromatic N) is 5. The number of amides is 1. The Kier molecular flexibility index (Phi) is 6.43. The van der Waals surface area contributed by atoms with Crippen molar-refractivity contribution in [3.05, 3.63) is 38.9 Å². The summed E-state index contributed by atoms with van der Waals surface area (Å²) in [5, 5.41) is 13.0. The molecule has 3 aromatic heterocycles. The first-order valence-corrected chi connectivity index (χ1v) is 12.4. The standard InChI is InChI=1S/C22H23ClN6O5S/c1-11-6-15(28-8-12(9-28)19(31)24-7-13-4-2-3-5-34-13)25-18-16(11)17(30)14(20(32)33)10-29(18)22-26-21(23)27-35-22/h6,10,12-13H,2-5,7-9H2,1H3,(H,24,31)(H,32,33). The first-order valence-electron chi connectivity index (χ1n) is 11.3. The van der Waals surface area contributed by atoms with E-state index in [1.165, 1.54) is 10.8 Å².